The van der Waals surface area contributed by atoms with Crippen molar-refractivity contribution in [2.75, 3.05) is 6.54 Å². The molecule has 0 spiro atoms. The van der Waals surface area contributed by atoms with Gasteiger partial charge in [-0.15, -0.1) is 0 Å². The van der Waals surface area contributed by atoms with Crippen molar-refractivity contribution in [1.29, 1.82) is 0 Å². The van der Waals surface area contributed by atoms with Crippen molar-refractivity contribution < 1.29 is 19.4 Å². The summed E-state index contributed by atoms with van der Waals surface area (Å²) >= 11 is 12.1. The number of hydrogen-bond donors (Lipinski definition) is 1. The highest BCUT2D eigenvalue weighted by Gasteiger charge is 2.32. The van der Waals surface area contributed by atoms with Crippen molar-refractivity contribution in [2.24, 2.45) is 0 Å². The number of rotatable bonds is 6. The smallest absolute Gasteiger partial charge is 0.337 e. The molecular weight excluding hydrogens is 451 g/mol. The average molecular weight is 471 g/mol. The van der Waals surface area contributed by atoms with Crippen LogP contribution in [0.2, 0.25) is 10.0 Å². The lowest BCUT2D eigenvalue weighted by Gasteiger charge is -2.25. The van der Waals surface area contributed by atoms with E-state index in [4.69, 9.17) is 27.9 Å². The zero-order valence-electron chi connectivity index (χ0n) is 17.0. The number of benzene rings is 2. The molecule has 1 aliphatic heterocycles. The minimum atomic E-state index is -1.10. The van der Waals surface area contributed by atoms with Gasteiger partial charge in [0.25, 0.3) is 5.91 Å². The fourth-order valence-electron chi connectivity index (χ4n) is 3.79. The van der Waals surface area contributed by atoms with Gasteiger partial charge in [-0.1, -0.05) is 35.3 Å². The minimum absolute atomic E-state index is 0.0504. The molecule has 0 aliphatic carbocycles. The van der Waals surface area contributed by atoms with Crippen LogP contribution >= 0.6 is 23.2 Å². The molecule has 0 radical (unpaired) electrons. The van der Waals surface area contributed by atoms with Gasteiger partial charge in [0.05, 0.1) is 28.0 Å². The van der Waals surface area contributed by atoms with Crippen LogP contribution in [0.25, 0.3) is 0 Å². The number of likely N-dealkylation sites (tertiary alicyclic amines) is 1. The maximum absolute atomic E-state index is 13.1. The maximum atomic E-state index is 13.1. The molecule has 1 atom stereocenters. The van der Waals surface area contributed by atoms with Gasteiger partial charge in [-0.25, -0.2) is 4.79 Å². The molecule has 8 heteroatoms. The number of ether oxygens (including phenoxy) is 1. The lowest BCUT2D eigenvalue weighted by Crippen LogP contribution is -2.31. The Morgan fingerprint density at radius 2 is 1.81 bits per heavy atom. The SMILES string of the molecule is O=C(O)c1ccc([C@H]2CCCN2C(=O)c2ccc(Cl)cc2)nc1COc1ccccc1Cl. The van der Waals surface area contributed by atoms with Gasteiger partial charge in [-0.05, 0) is 61.4 Å². The third-order valence-corrected chi connectivity index (χ3v) is 5.94. The standard InChI is InChI=1S/C24H20Cl2N2O4/c25-16-9-7-15(8-10-16)23(29)28-13-3-5-21(28)19-12-11-17(24(30)31)20(27-19)14-32-22-6-2-1-4-18(22)26/h1-2,4,6-12,21H,3,5,13-14H2,(H,30,31)/t21-/m1/s1. The Kier molecular flexibility index (Phi) is 6.63. The topological polar surface area (TPSA) is 79.7 Å². The first kappa shape index (κ1) is 22.1. The number of nitrogens with zero attached hydrogens (tertiary/aromatic N) is 2. The zero-order chi connectivity index (χ0) is 22.7. The summed E-state index contributed by atoms with van der Waals surface area (Å²) in [6.07, 6.45) is 1.57. The van der Waals surface area contributed by atoms with Gasteiger partial charge in [0.15, 0.2) is 0 Å². The van der Waals surface area contributed by atoms with E-state index in [0.717, 1.165) is 12.8 Å². The van der Waals surface area contributed by atoms with E-state index in [1.165, 1.54) is 6.07 Å². The van der Waals surface area contributed by atoms with Crippen molar-refractivity contribution in [2.45, 2.75) is 25.5 Å². The maximum Gasteiger partial charge on any atom is 0.337 e. The molecule has 0 unspecified atom stereocenters. The van der Waals surface area contributed by atoms with Crippen LogP contribution in [0.5, 0.6) is 5.75 Å². The van der Waals surface area contributed by atoms with Crippen LogP contribution in [0.1, 0.15) is 51.0 Å². The summed E-state index contributed by atoms with van der Waals surface area (Å²) in [4.78, 5) is 31.2. The second kappa shape index (κ2) is 9.59. The van der Waals surface area contributed by atoms with Crippen molar-refractivity contribution >= 4 is 35.1 Å². The zero-order valence-corrected chi connectivity index (χ0v) is 18.5. The van der Waals surface area contributed by atoms with Crippen LogP contribution in [-0.2, 0) is 6.61 Å². The summed E-state index contributed by atoms with van der Waals surface area (Å²) in [7, 11) is 0. The highest BCUT2D eigenvalue weighted by atomic mass is 35.5. The Morgan fingerprint density at radius 1 is 1.06 bits per heavy atom. The molecule has 0 bridgehead atoms. The predicted octanol–water partition coefficient (Wildman–Crippen LogP) is 5.64. The first-order chi connectivity index (χ1) is 15.4. The third-order valence-electron chi connectivity index (χ3n) is 5.37. The highest BCUT2D eigenvalue weighted by Crippen LogP contribution is 2.33. The van der Waals surface area contributed by atoms with Gasteiger partial charge in [0.2, 0.25) is 0 Å². The van der Waals surface area contributed by atoms with Crippen molar-refractivity contribution in [3.8, 4) is 5.75 Å². The van der Waals surface area contributed by atoms with Gasteiger partial charge < -0.3 is 14.7 Å². The molecule has 1 N–H and O–H groups in total. The molecule has 1 fully saturated rings. The number of amides is 1. The first-order valence-corrected chi connectivity index (χ1v) is 10.9. The van der Waals surface area contributed by atoms with Crippen molar-refractivity contribution in [1.82, 2.24) is 9.88 Å². The minimum Gasteiger partial charge on any atom is -0.486 e. The van der Waals surface area contributed by atoms with Gasteiger partial charge in [0, 0.05) is 17.1 Å². The molecule has 1 aromatic heterocycles. The van der Waals surface area contributed by atoms with E-state index in [9.17, 15) is 14.7 Å². The molecule has 164 valence electrons. The number of carbonyl (C=O) groups excluding carboxylic acids is 1. The predicted molar refractivity (Wildman–Crippen MR) is 121 cm³/mol. The largest absolute Gasteiger partial charge is 0.486 e. The van der Waals surface area contributed by atoms with E-state index in [0.29, 0.717) is 33.6 Å². The van der Waals surface area contributed by atoms with Crippen LogP contribution in [0.3, 0.4) is 0 Å². The molecule has 1 aliphatic rings. The average Bonchev–Trinajstić information content (AvgIpc) is 3.28. The number of carboxylic acid groups (broad SMARTS) is 1. The van der Waals surface area contributed by atoms with Crippen molar-refractivity contribution in [3.63, 3.8) is 0 Å². The molecular formula is C24H20Cl2N2O4. The number of pyridine rings is 1. The summed E-state index contributed by atoms with van der Waals surface area (Å²) in [5.74, 6) is -0.761. The van der Waals surface area contributed by atoms with Gasteiger partial charge in [-0.3, -0.25) is 9.78 Å². The summed E-state index contributed by atoms with van der Waals surface area (Å²) in [5.41, 5.74) is 1.51. The number of halogens is 2. The first-order valence-electron chi connectivity index (χ1n) is 10.1. The van der Waals surface area contributed by atoms with Crippen LogP contribution in [-0.4, -0.2) is 33.4 Å². The van der Waals surface area contributed by atoms with E-state index in [2.05, 4.69) is 4.98 Å². The van der Waals surface area contributed by atoms with Crippen LogP contribution in [0, 0.1) is 0 Å². The molecule has 1 amide bonds. The summed E-state index contributed by atoms with van der Waals surface area (Å²) < 4.78 is 5.74. The summed E-state index contributed by atoms with van der Waals surface area (Å²) in [6, 6.07) is 16.7. The number of carbonyl (C=O) groups is 2. The molecule has 6 nitrogen and oxygen atoms in total. The number of hydrogen-bond acceptors (Lipinski definition) is 4. The van der Waals surface area contributed by atoms with E-state index in [-0.39, 0.29) is 29.8 Å². The monoisotopic (exact) mass is 470 g/mol. The van der Waals surface area contributed by atoms with Crippen LogP contribution < -0.4 is 4.74 Å². The van der Waals surface area contributed by atoms with Gasteiger partial charge >= 0.3 is 5.97 Å². The van der Waals surface area contributed by atoms with E-state index in [1.807, 2.05) is 0 Å². The fourth-order valence-corrected chi connectivity index (χ4v) is 4.11. The van der Waals surface area contributed by atoms with E-state index >= 15 is 0 Å². The number of aromatic carboxylic acids is 1. The van der Waals surface area contributed by atoms with E-state index in [1.54, 1.807) is 59.5 Å². The molecule has 2 heterocycles. The number of carboxylic acids is 1. The fraction of sp³-hybridized carbons (Fsp3) is 0.208. The number of aromatic nitrogens is 1. The Morgan fingerprint density at radius 3 is 2.53 bits per heavy atom. The van der Waals surface area contributed by atoms with Crippen LogP contribution in [0.4, 0.5) is 0 Å². The van der Waals surface area contributed by atoms with Crippen molar-refractivity contribution in [3.05, 3.63) is 93.2 Å². The molecule has 4 rings (SSSR count). The van der Waals surface area contributed by atoms with Gasteiger partial charge in [0.1, 0.15) is 12.4 Å². The Bertz CT molecular complexity index is 1150. The quantitative estimate of drug-likeness (QED) is 0.503. The lowest BCUT2D eigenvalue weighted by molar-refractivity contribution is 0.0688. The van der Waals surface area contributed by atoms with Gasteiger partial charge in [-0.2, -0.15) is 0 Å². The highest BCUT2D eigenvalue weighted by molar-refractivity contribution is 6.32. The van der Waals surface area contributed by atoms with E-state index < -0.39 is 5.97 Å². The molecule has 2 aromatic carbocycles. The summed E-state index contributed by atoms with van der Waals surface area (Å²) in [6.45, 7) is 0.539. The molecule has 1 saturated heterocycles. The number of para-hydroxylation sites is 1. The Labute approximate surface area is 195 Å². The molecule has 0 saturated carbocycles. The normalized spacial score (nSPS) is 15.6. The third kappa shape index (κ3) is 4.71. The molecule has 3 aromatic rings. The summed E-state index contributed by atoms with van der Waals surface area (Å²) in [5, 5.41) is 10.6. The Balaban J connectivity index is 1.60. The second-order valence-electron chi connectivity index (χ2n) is 7.42. The van der Waals surface area contributed by atoms with Crippen LogP contribution in [0.15, 0.2) is 60.7 Å². The Hall–Kier alpha value is -3.09. The second-order valence-corrected chi connectivity index (χ2v) is 8.26. The molecule has 32 heavy (non-hydrogen) atoms. The lowest BCUT2D eigenvalue weighted by atomic mass is 10.1.